The highest BCUT2D eigenvalue weighted by atomic mass is 16.5. The lowest BCUT2D eigenvalue weighted by atomic mass is 10.2. The molecule has 0 saturated heterocycles. The molecule has 100 valence electrons. The minimum atomic E-state index is -1.04. The molecule has 0 aliphatic rings. The topological polar surface area (TPSA) is 65.0 Å². The van der Waals surface area contributed by atoms with Crippen LogP contribution < -0.4 is 9.47 Å². The fraction of sp³-hybridized carbons (Fsp3) is 0.462. The average Bonchev–Trinajstić information content (AvgIpc) is 2.38. The standard InChI is InChI=1S/C13H18O5/c1-3-6-17-7-8-18-12-5-4-10(16-2)9-11(12)13(14)15/h4-5,9H,3,6-8H2,1-2H3,(H,14,15). The second kappa shape index (κ2) is 7.55. The van der Waals surface area contributed by atoms with Crippen LogP contribution in [0.15, 0.2) is 18.2 Å². The Hall–Kier alpha value is -1.75. The largest absolute Gasteiger partial charge is 0.497 e. The van der Waals surface area contributed by atoms with Crippen LogP contribution in [0, 0.1) is 0 Å². The SMILES string of the molecule is CCCOCCOc1ccc(OC)cc1C(=O)O. The maximum atomic E-state index is 11.1. The van der Waals surface area contributed by atoms with E-state index < -0.39 is 5.97 Å². The predicted molar refractivity (Wildman–Crippen MR) is 66.6 cm³/mol. The molecule has 1 aromatic rings. The Bertz CT molecular complexity index is 389. The summed E-state index contributed by atoms with van der Waals surface area (Å²) in [6, 6.07) is 4.68. The minimum Gasteiger partial charge on any atom is -0.497 e. The van der Waals surface area contributed by atoms with Gasteiger partial charge in [0.2, 0.25) is 0 Å². The molecule has 1 rings (SSSR count). The summed E-state index contributed by atoms with van der Waals surface area (Å²) in [6.45, 7) is 3.47. The molecule has 18 heavy (non-hydrogen) atoms. The van der Waals surface area contributed by atoms with Crippen LogP contribution in [0.5, 0.6) is 11.5 Å². The number of carboxylic acid groups (broad SMARTS) is 1. The van der Waals surface area contributed by atoms with Crippen LogP contribution in [0.2, 0.25) is 0 Å². The van der Waals surface area contributed by atoms with Crippen LogP contribution >= 0.6 is 0 Å². The van der Waals surface area contributed by atoms with Crippen molar-refractivity contribution >= 4 is 5.97 Å². The zero-order valence-electron chi connectivity index (χ0n) is 10.6. The van der Waals surface area contributed by atoms with E-state index in [-0.39, 0.29) is 5.56 Å². The van der Waals surface area contributed by atoms with Crippen molar-refractivity contribution < 1.29 is 24.1 Å². The van der Waals surface area contributed by atoms with Crippen molar-refractivity contribution in [2.24, 2.45) is 0 Å². The van der Waals surface area contributed by atoms with Gasteiger partial charge in [0, 0.05) is 6.61 Å². The summed E-state index contributed by atoms with van der Waals surface area (Å²) in [5, 5.41) is 9.06. The molecule has 0 aliphatic carbocycles. The maximum absolute atomic E-state index is 11.1. The molecule has 5 nitrogen and oxygen atoms in total. The van der Waals surface area contributed by atoms with Gasteiger partial charge in [0.05, 0.1) is 13.7 Å². The van der Waals surface area contributed by atoms with Gasteiger partial charge in [-0.05, 0) is 24.6 Å². The molecular weight excluding hydrogens is 236 g/mol. The third-order valence-corrected chi connectivity index (χ3v) is 2.25. The second-order valence-electron chi connectivity index (χ2n) is 3.63. The van der Waals surface area contributed by atoms with Crippen LogP contribution in [-0.2, 0) is 4.74 Å². The number of carboxylic acids is 1. The zero-order valence-corrected chi connectivity index (χ0v) is 10.6. The number of hydrogen-bond donors (Lipinski definition) is 1. The number of benzene rings is 1. The number of rotatable bonds is 8. The number of carbonyl (C=O) groups is 1. The molecule has 0 heterocycles. The Balaban J connectivity index is 2.61. The molecule has 0 aromatic heterocycles. The van der Waals surface area contributed by atoms with Crippen molar-refractivity contribution in [3.8, 4) is 11.5 Å². The first-order chi connectivity index (χ1) is 8.69. The van der Waals surface area contributed by atoms with Crippen LogP contribution in [0.3, 0.4) is 0 Å². The fourth-order valence-corrected chi connectivity index (χ4v) is 1.39. The normalized spacial score (nSPS) is 10.1. The molecule has 0 amide bonds. The third kappa shape index (κ3) is 4.25. The Morgan fingerprint density at radius 3 is 2.67 bits per heavy atom. The van der Waals surface area contributed by atoms with Gasteiger partial charge in [0.25, 0.3) is 0 Å². The zero-order chi connectivity index (χ0) is 13.4. The smallest absolute Gasteiger partial charge is 0.339 e. The van der Waals surface area contributed by atoms with Crippen molar-refractivity contribution in [2.75, 3.05) is 26.9 Å². The first kappa shape index (κ1) is 14.3. The number of ether oxygens (including phenoxy) is 3. The Labute approximate surface area is 106 Å². The summed E-state index contributed by atoms with van der Waals surface area (Å²) in [7, 11) is 1.49. The van der Waals surface area contributed by atoms with Crippen molar-refractivity contribution in [1.29, 1.82) is 0 Å². The van der Waals surface area contributed by atoms with E-state index in [0.29, 0.717) is 31.3 Å². The lowest BCUT2D eigenvalue weighted by Crippen LogP contribution is -2.10. The van der Waals surface area contributed by atoms with Crippen molar-refractivity contribution in [3.05, 3.63) is 23.8 Å². The van der Waals surface area contributed by atoms with E-state index in [0.717, 1.165) is 6.42 Å². The summed E-state index contributed by atoms with van der Waals surface area (Å²) in [5.74, 6) is -0.233. The van der Waals surface area contributed by atoms with E-state index >= 15 is 0 Å². The van der Waals surface area contributed by atoms with E-state index in [1.54, 1.807) is 12.1 Å². The van der Waals surface area contributed by atoms with Gasteiger partial charge in [-0.1, -0.05) is 6.92 Å². The summed E-state index contributed by atoms with van der Waals surface area (Å²) in [6.07, 6.45) is 0.947. The van der Waals surface area contributed by atoms with E-state index in [4.69, 9.17) is 19.3 Å². The van der Waals surface area contributed by atoms with Crippen LogP contribution in [0.25, 0.3) is 0 Å². The third-order valence-electron chi connectivity index (χ3n) is 2.25. The Kier molecular flexibility index (Phi) is 6.00. The van der Waals surface area contributed by atoms with Gasteiger partial charge in [0.15, 0.2) is 0 Å². The Morgan fingerprint density at radius 1 is 1.28 bits per heavy atom. The van der Waals surface area contributed by atoms with Gasteiger partial charge in [-0.15, -0.1) is 0 Å². The predicted octanol–water partition coefficient (Wildman–Crippen LogP) is 2.20. The van der Waals surface area contributed by atoms with E-state index in [9.17, 15) is 4.79 Å². The number of hydrogen-bond acceptors (Lipinski definition) is 4. The summed E-state index contributed by atoms with van der Waals surface area (Å²) >= 11 is 0. The lowest BCUT2D eigenvalue weighted by Gasteiger charge is -2.10. The lowest BCUT2D eigenvalue weighted by molar-refractivity contribution is 0.0685. The Morgan fingerprint density at radius 2 is 2.06 bits per heavy atom. The average molecular weight is 254 g/mol. The molecule has 0 atom stereocenters. The monoisotopic (exact) mass is 254 g/mol. The maximum Gasteiger partial charge on any atom is 0.339 e. The summed E-state index contributed by atoms with van der Waals surface area (Å²) < 4.78 is 15.6. The number of methoxy groups -OCH3 is 1. The van der Waals surface area contributed by atoms with Gasteiger partial charge >= 0.3 is 5.97 Å². The minimum absolute atomic E-state index is 0.0878. The molecule has 0 saturated carbocycles. The highest BCUT2D eigenvalue weighted by Gasteiger charge is 2.12. The highest BCUT2D eigenvalue weighted by molar-refractivity contribution is 5.91. The van der Waals surface area contributed by atoms with Crippen molar-refractivity contribution in [1.82, 2.24) is 0 Å². The summed E-state index contributed by atoms with van der Waals surface area (Å²) in [4.78, 5) is 11.1. The van der Waals surface area contributed by atoms with Crippen LogP contribution in [0.1, 0.15) is 23.7 Å². The van der Waals surface area contributed by atoms with Crippen LogP contribution in [0.4, 0.5) is 0 Å². The van der Waals surface area contributed by atoms with E-state index in [2.05, 4.69) is 0 Å². The second-order valence-corrected chi connectivity index (χ2v) is 3.63. The van der Waals surface area contributed by atoms with Crippen molar-refractivity contribution in [2.45, 2.75) is 13.3 Å². The van der Waals surface area contributed by atoms with Gasteiger partial charge in [0.1, 0.15) is 23.7 Å². The molecule has 0 bridgehead atoms. The van der Waals surface area contributed by atoms with Gasteiger partial charge in [-0.2, -0.15) is 0 Å². The van der Waals surface area contributed by atoms with E-state index in [1.807, 2.05) is 6.92 Å². The summed E-state index contributed by atoms with van der Waals surface area (Å²) in [5.41, 5.74) is 0.0878. The quantitative estimate of drug-likeness (QED) is 0.720. The number of aromatic carboxylic acids is 1. The first-order valence-electron chi connectivity index (χ1n) is 5.81. The molecule has 0 radical (unpaired) electrons. The first-order valence-corrected chi connectivity index (χ1v) is 5.81. The van der Waals surface area contributed by atoms with E-state index in [1.165, 1.54) is 13.2 Å². The molecule has 0 spiro atoms. The van der Waals surface area contributed by atoms with Gasteiger partial charge in [-0.3, -0.25) is 0 Å². The molecular formula is C13H18O5. The van der Waals surface area contributed by atoms with Gasteiger partial charge < -0.3 is 19.3 Å². The molecule has 0 fully saturated rings. The van der Waals surface area contributed by atoms with Gasteiger partial charge in [-0.25, -0.2) is 4.79 Å². The fourth-order valence-electron chi connectivity index (χ4n) is 1.39. The molecule has 0 aliphatic heterocycles. The van der Waals surface area contributed by atoms with Crippen LogP contribution in [-0.4, -0.2) is 38.0 Å². The van der Waals surface area contributed by atoms with Crippen molar-refractivity contribution in [3.63, 3.8) is 0 Å². The molecule has 0 unspecified atom stereocenters. The molecule has 5 heteroatoms. The molecule has 1 N–H and O–H groups in total. The highest BCUT2D eigenvalue weighted by Crippen LogP contribution is 2.24. The molecule has 1 aromatic carbocycles.